The van der Waals surface area contributed by atoms with Crippen LogP contribution in [0.1, 0.15) is 32.1 Å². The van der Waals surface area contributed by atoms with E-state index in [1.807, 2.05) is 6.20 Å². The number of fused-ring (bicyclic) bond motifs is 2. The van der Waals surface area contributed by atoms with Gasteiger partial charge in [-0.15, -0.1) is 0 Å². The predicted molar refractivity (Wildman–Crippen MR) is 155 cm³/mol. The molecule has 36 heavy (non-hydrogen) atoms. The van der Waals surface area contributed by atoms with Crippen LogP contribution in [0.25, 0.3) is 33.0 Å². The van der Waals surface area contributed by atoms with Crippen LogP contribution in [0.3, 0.4) is 0 Å². The summed E-state index contributed by atoms with van der Waals surface area (Å²) in [5.74, 6) is 0.738. The Morgan fingerprint density at radius 3 is 2.28 bits per heavy atom. The zero-order valence-electron chi connectivity index (χ0n) is 20.4. The van der Waals surface area contributed by atoms with Crippen molar-refractivity contribution in [3.63, 3.8) is 0 Å². The highest BCUT2D eigenvalue weighted by Crippen LogP contribution is 2.47. The van der Waals surface area contributed by atoms with Gasteiger partial charge in [0.25, 0.3) is 0 Å². The van der Waals surface area contributed by atoms with E-state index in [0.717, 1.165) is 10.8 Å². The van der Waals surface area contributed by atoms with Gasteiger partial charge in [0.05, 0.1) is 0 Å². The molecule has 0 spiro atoms. The van der Waals surface area contributed by atoms with Gasteiger partial charge in [-0.05, 0) is 45.8 Å². The quantitative estimate of drug-likeness (QED) is 0.237. The van der Waals surface area contributed by atoms with Crippen LogP contribution in [-0.4, -0.2) is 11.7 Å². The van der Waals surface area contributed by atoms with E-state index in [4.69, 9.17) is 0 Å². The van der Waals surface area contributed by atoms with Crippen molar-refractivity contribution in [1.82, 2.24) is 4.98 Å². The maximum atomic E-state index is 4.67. The fourth-order valence-corrected chi connectivity index (χ4v) is 7.43. The number of pyridine rings is 1. The summed E-state index contributed by atoms with van der Waals surface area (Å²) in [6.07, 6.45) is 8.72. The molecule has 1 aliphatic carbocycles. The van der Waals surface area contributed by atoms with Gasteiger partial charge < -0.3 is 0 Å². The van der Waals surface area contributed by atoms with Crippen LogP contribution < -0.4 is 10.9 Å². The van der Waals surface area contributed by atoms with Crippen molar-refractivity contribution in [2.24, 2.45) is 0 Å². The van der Waals surface area contributed by atoms with E-state index >= 15 is 0 Å². The van der Waals surface area contributed by atoms with E-state index in [1.54, 1.807) is 11.8 Å². The Bertz CT molecular complexity index is 1530. The fraction of sp³-hybridized carbons (Fsp3) is 0.182. The molecule has 0 saturated heterocycles. The summed E-state index contributed by atoms with van der Waals surface area (Å²) in [4.78, 5) is 5.96. The molecule has 174 valence electrons. The summed E-state index contributed by atoms with van der Waals surface area (Å²) in [6, 6.07) is 36.2. The second kappa shape index (κ2) is 9.30. The number of hydrogen-bond acceptors (Lipinski definition) is 2. The van der Waals surface area contributed by atoms with Gasteiger partial charge in [-0.25, -0.2) is 4.98 Å². The van der Waals surface area contributed by atoms with Crippen LogP contribution in [-0.2, 0) is 0 Å². The second-order valence-electron chi connectivity index (χ2n) is 10.2. The lowest BCUT2D eigenvalue weighted by Gasteiger charge is -2.29. The van der Waals surface area contributed by atoms with Gasteiger partial charge in [-0.3, -0.25) is 0 Å². The minimum absolute atomic E-state index is 0.488. The van der Waals surface area contributed by atoms with E-state index < -0.39 is 0 Å². The van der Waals surface area contributed by atoms with E-state index in [-0.39, 0.29) is 0 Å². The van der Waals surface area contributed by atoms with Gasteiger partial charge >= 0.3 is 0 Å². The molecule has 0 atom stereocenters. The third-order valence-electron chi connectivity index (χ3n) is 8.12. The van der Waals surface area contributed by atoms with Crippen LogP contribution in [0.5, 0.6) is 0 Å². The van der Waals surface area contributed by atoms with Gasteiger partial charge in [-0.1, -0.05) is 139 Å². The summed E-state index contributed by atoms with van der Waals surface area (Å²) in [5.41, 5.74) is 8.09. The molecule has 2 heterocycles. The average molecular weight is 481 g/mol. The van der Waals surface area contributed by atoms with E-state index in [9.17, 15) is 0 Å². The van der Waals surface area contributed by atoms with Gasteiger partial charge in [0.2, 0.25) is 6.71 Å². The first-order valence-electron chi connectivity index (χ1n) is 13.2. The van der Waals surface area contributed by atoms with Crippen molar-refractivity contribution in [3.05, 3.63) is 103 Å². The third kappa shape index (κ3) is 3.87. The maximum absolute atomic E-state index is 4.67. The molecule has 1 aromatic heterocycles. The molecule has 7 rings (SSSR count). The fourth-order valence-electron chi connectivity index (χ4n) is 6.36. The second-order valence-corrected chi connectivity index (χ2v) is 11.3. The standard InChI is InChI=1S/C33H28BNS/c1-3-9-26(10-4-1)34(27-11-5-2-6-12-27)28-17-14-23(15-18-28)25-16-19-31-30(22-25)29-13-7-8-24-20-21-35-33(36-31)32(24)29/h1,3-4,7-10,13-22,27H,2,5-6,11-12H2. The van der Waals surface area contributed by atoms with Crippen molar-refractivity contribution in [2.75, 3.05) is 0 Å². The molecule has 3 heteroatoms. The normalized spacial score (nSPS) is 15.0. The Balaban J connectivity index is 1.26. The molecule has 0 unspecified atom stereocenters. The minimum atomic E-state index is 0.488. The first kappa shape index (κ1) is 21.9. The molecule has 0 bridgehead atoms. The SMILES string of the molecule is c1ccc(B(c2ccc(-c3ccc4c(c3)-c3cccc5ccnc(c35)S4)cc2)C2CCCCC2)cc1. The Morgan fingerprint density at radius 2 is 1.44 bits per heavy atom. The highest BCUT2D eigenvalue weighted by Gasteiger charge is 2.30. The molecule has 1 nitrogen and oxygen atoms in total. The highest BCUT2D eigenvalue weighted by molar-refractivity contribution is 7.99. The molecule has 0 radical (unpaired) electrons. The predicted octanol–water partition coefficient (Wildman–Crippen LogP) is 7.98. The lowest BCUT2D eigenvalue weighted by atomic mass is 9.32. The van der Waals surface area contributed by atoms with Gasteiger partial charge in [0, 0.05) is 16.5 Å². The van der Waals surface area contributed by atoms with Crippen LogP contribution in [0.4, 0.5) is 0 Å². The van der Waals surface area contributed by atoms with E-state index in [1.165, 1.54) is 81.0 Å². The monoisotopic (exact) mass is 481 g/mol. The first-order valence-corrected chi connectivity index (χ1v) is 14.0. The lowest BCUT2D eigenvalue weighted by molar-refractivity contribution is 0.499. The molecule has 1 saturated carbocycles. The first-order chi connectivity index (χ1) is 17.8. The van der Waals surface area contributed by atoms with Crippen LogP contribution in [0.15, 0.2) is 113 Å². The molecule has 1 fully saturated rings. The molecule has 4 aromatic carbocycles. The Hall–Kier alpha value is -3.30. The number of rotatable bonds is 4. The molecular formula is C33H28BNS. The third-order valence-corrected chi connectivity index (χ3v) is 9.19. The van der Waals surface area contributed by atoms with E-state index in [0.29, 0.717) is 6.71 Å². The molecule has 2 aliphatic rings. The Morgan fingerprint density at radius 1 is 0.667 bits per heavy atom. The van der Waals surface area contributed by atoms with Crippen LogP contribution >= 0.6 is 11.8 Å². The van der Waals surface area contributed by atoms with Gasteiger partial charge in [0.15, 0.2) is 0 Å². The molecule has 5 aromatic rings. The average Bonchev–Trinajstić information content (AvgIpc) is 2.95. The van der Waals surface area contributed by atoms with Gasteiger partial charge in [-0.2, -0.15) is 0 Å². The lowest BCUT2D eigenvalue weighted by Crippen LogP contribution is -2.46. The number of aromatic nitrogens is 1. The summed E-state index contributed by atoms with van der Waals surface area (Å²) in [7, 11) is 0. The largest absolute Gasteiger partial charge is 0.249 e. The van der Waals surface area contributed by atoms with Crippen molar-refractivity contribution >= 4 is 40.2 Å². The molecule has 0 amide bonds. The summed E-state index contributed by atoms with van der Waals surface area (Å²) >= 11 is 1.79. The summed E-state index contributed by atoms with van der Waals surface area (Å²) in [6.45, 7) is 0.488. The van der Waals surface area contributed by atoms with Crippen LogP contribution in [0, 0.1) is 0 Å². The topological polar surface area (TPSA) is 12.9 Å². The Labute approximate surface area is 218 Å². The summed E-state index contributed by atoms with van der Waals surface area (Å²) in [5, 5.41) is 3.66. The minimum Gasteiger partial charge on any atom is -0.249 e. The highest BCUT2D eigenvalue weighted by atomic mass is 32.2. The zero-order valence-corrected chi connectivity index (χ0v) is 21.2. The van der Waals surface area contributed by atoms with Crippen molar-refractivity contribution in [2.45, 2.75) is 47.8 Å². The Kier molecular flexibility index (Phi) is 5.67. The van der Waals surface area contributed by atoms with Crippen molar-refractivity contribution < 1.29 is 0 Å². The number of benzene rings is 4. The van der Waals surface area contributed by atoms with Crippen molar-refractivity contribution in [1.29, 1.82) is 0 Å². The molecular weight excluding hydrogens is 453 g/mol. The van der Waals surface area contributed by atoms with Crippen molar-refractivity contribution in [3.8, 4) is 22.3 Å². The van der Waals surface area contributed by atoms with Gasteiger partial charge in [0.1, 0.15) is 5.03 Å². The maximum Gasteiger partial charge on any atom is 0.212 e. The van der Waals surface area contributed by atoms with Crippen LogP contribution in [0.2, 0.25) is 5.82 Å². The smallest absolute Gasteiger partial charge is 0.212 e. The molecule has 1 aliphatic heterocycles. The zero-order chi connectivity index (χ0) is 23.9. The number of hydrogen-bond donors (Lipinski definition) is 0. The number of nitrogens with zero attached hydrogens (tertiary/aromatic N) is 1. The van der Waals surface area contributed by atoms with E-state index in [2.05, 4.69) is 102 Å². The summed E-state index contributed by atoms with van der Waals surface area (Å²) < 4.78 is 0. The molecule has 0 N–H and O–H groups in total.